The molecular weight excluding hydrogens is 334 g/mol. The Hall–Kier alpha value is -1.66. The zero-order valence-electron chi connectivity index (χ0n) is 12.3. The molecule has 0 unspecified atom stereocenters. The van der Waals surface area contributed by atoms with Crippen molar-refractivity contribution in [2.75, 3.05) is 7.05 Å². The lowest BCUT2D eigenvalue weighted by atomic mass is 10.1. The first-order chi connectivity index (χ1) is 9.88. The van der Waals surface area contributed by atoms with Gasteiger partial charge in [0.05, 0.1) is 21.4 Å². The van der Waals surface area contributed by atoms with Gasteiger partial charge in [0.25, 0.3) is 0 Å². The van der Waals surface area contributed by atoms with Crippen LogP contribution >= 0.6 is 15.9 Å². The van der Waals surface area contributed by atoms with Gasteiger partial charge in [-0.1, -0.05) is 12.1 Å². The molecule has 0 spiro atoms. The second-order valence-corrected chi connectivity index (χ2v) is 5.94. The number of aromatic nitrogens is 2. The first-order valence-corrected chi connectivity index (χ1v) is 7.36. The Bertz CT molecular complexity index is 650. The Morgan fingerprint density at radius 1 is 1.33 bits per heavy atom. The molecule has 2 rings (SSSR count). The first-order valence-electron chi connectivity index (χ1n) is 6.57. The average Bonchev–Trinajstić information content (AvgIpc) is 2.66. The molecule has 0 fully saturated rings. The van der Waals surface area contributed by atoms with Gasteiger partial charge in [-0.3, -0.25) is 9.58 Å². The monoisotopic (exact) mass is 351 g/mol. The summed E-state index contributed by atoms with van der Waals surface area (Å²) in [6.07, 6.45) is 0. The second kappa shape index (κ2) is 6.41. The Labute approximate surface area is 132 Å². The molecule has 0 bridgehead atoms. The third kappa shape index (κ3) is 3.71. The van der Waals surface area contributed by atoms with Crippen molar-refractivity contribution in [2.45, 2.75) is 20.0 Å². The molecule has 1 heterocycles. The average molecular weight is 352 g/mol. The first kappa shape index (κ1) is 15.7. The van der Waals surface area contributed by atoms with Crippen LogP contribution in [0.3, 0.4) is 0 Å². The molecule has 2 aromatic rings. The fourth-order valence-electron chi connectivity index (χ4n) is 2.23. The third-order valence-electron chi connectivity index (χ3n) is 3.33. The standard InChI is InChI=1S/C15H18BrN3O2/c1-10-14(16)13(19(3)17-10)9-18(2)8-11-4-6-12(7-5-11)15(20)21/h4-7H,8-9H2,1-3H3,(H,20,21). The van der Waals surface area contributed by atoms with Crippen molar-refractivity contribution in [1.82, 2.24) is 14.7 Å². The van der Waals surface area contributed by atoms with E-state index in [9.17, 15) is 4.79 Å². The van der Waals surface area contributed by atoms with E-state index in [0.717, 1.165) is 34.5 Å². The van der Waals surface area contributed by atoms with Crippen molar-refractivity contribution in [2.24, 2.45) is 7.05 Å². The fraction of sp³-hybridized carbons (Fsp3) is 0.333. The van der Waals surface area contributed by atoms with Crippen LogP contribution in [0.4, 0.5) is 0 Å². The lowest BCUT2D eigenvalue weighted by Crippen LogP contribution is -2.19. The van der Waals surface area contributed by atoms with E-state index < -0.39 is 5.97 Å². The summed E-state index contributed by atoms with van der Waals surface area (Å²) in [4.78, 5) is 13.0. The summed E-state index contributed by atoms with van der Waals surface area (Å²) in [6, 6.07) is 6.97. The molecule has 0 radical (unpaired) electrons. The molecule has 6 heteroatoms. The van der Waals surface area contributed by atoms with Crippen molar-refractivity contribution in [1.29, 1.82) is 0 Å². The number of benzene rings is 1. The minimum Gasteiger partial charge on any atom is -0.478 e. The van der Waals surface area contributed by atoms with Crippen molar-refractivity contribution < 1.29 is 9.90 Å². The molecule has 0 aliphatic rings. The summed E-state index contributed by atoms with van der Waals surface area (Å²) in [6.45, 7) is 3.48. The predicted molar refractivity (Wildman–Crippen MR) is 84.2 cm³/mol. The number of hydrogen-bond donors (Lipinski definition) is 1. The number of aryl methyl sites for hydroxylation is 2. The van der Waals surface area contributed by atoms with Crippen molar-refractivity contribution in [3.8, 4) is 0 Å². The molecule has 0 aliphatic heterocycles. The Kier molecular flexibility index (Phi) is 4.80. The lowest BCUT2D eigenvalue weighted by Gasteiger charge is -2.17. The number of halogens is 1. The number of carbonyl (C=O) groups is 1. The highest BCUT2D eigenvalue weighted by Crippen LogP contribution is 2.21. The molecule has 1 aromatic heterocycles. The molecule has 21 heavy (non-hydrogen) atoms. The zero-order valence-corrected chi connectivity index (χ0v) is 13.9. The van der Waals surface area contributed by atoms with Gasteiger partial charge < -0.3 is 5.11 Å². The van der Waals surface area contributed by atoms with Crippen LogP contribution in [0, 0.1) is 6.92 Å². The van der Waals surface area contributed by atoms with Crippen LogP contribution in [0.15, 0.2) is 28.7 Å². The highest BCUT2D eigenvalue weighted by molar-refractivity contribution is 9.10. The molecule has 0 atom stereocenters. The minimum absolute atomic E-state index is 0.311. The summed E-state index contributed by atoms with van der Waals surface area (Å²) in [5.74, 6) is -0.899. The smallest absolute Gasteiger partial charge is 0.335 e. The molecule has 0 aliphatic carbocycles. The number of hydrogen-bond acceptors (Lipinski definition) is 3. The van der Waals surface area contributed by atoms with Gasteiger partial charge in [-0.05, 0) is 47.6 Å². The quantitative estimate of drug-likeness (QED) is 0.899. The third-order valence-corrected chi connectivity index (χ3v) is 4.37. The van der Waals surface area contributed by atoms with E-state index >= 15 is 0 Å². The number of aromatic carboxylic acids is 1. The van der Waals surface area contributed by atoms with E-state index in [2.05, 4.69) is 25.9 Å². The van der Waals surface area contributed by atoms with Gasteiger partial charge in [0.15, 0.2) is 0 Å². The molecule has 1 aromatic carbocycles. The van der Waals surface area contributed by atoms with Gasteiger partial charge in [-0.15, -0.1) is 0 Å². The topological polar surface area (TPSA) is 58.4 Å². The molecule has 0 saturated carbocycles. The Balaban J connectivity index is 2.04. The number of rotatable bonds is 5. The second-order valence-electron chi connectivity index (χ2n) is 5.14. The normalized spacial score (nSPS) is 11.1. The van der Waals surface area contributed by atoms with E-state index in [-0.39, 0.29) is 0 Å². The van der Waals surface area contributed by atoms with Gasteiger partial charge >= 0.3 is 5.97 Å². The van der Waals surface area contributed by atoms with Crippen LogP contribution in [0.1, 0.15) is 27.3 Å². The number of nitrogens with zero attached hydrogens (tertiary/aromatic N) is 3. The summed E-state index contributed by atoms with van der Waals surface area (Å²) < 4.78 is 2.92. The number of carboxylic acids is 1. The Morgan fingerprint density at radius 2 is 1.95 bits per heavy atom. The van der Waals surface area contributed by atoms with Gasteiger partial charge in [-0.2, -0.15) is 5.10 Å². The predicted octanol–water partition coefficient (Wildman–Crippen LogP) is 2.82. The maximum absolute atomic E-state index is 10.8. The van der Waals surface area contributed by atoms with Crippen molar-refractivity contribution in [3.05, 3.63) is 51.3 Å². The van der Waals surface area contributed by atoms with Crippen LogP contribution in [0.25, 0.3) is 0 Å². The van der Waals surface area contributed by atoms with Crippen LogP contribution in [-0.2, 0) is 20.1 Å². The van der Waals surface area contributed by atoms with Crippen LogP contribution in [-0.4, -0.2) is 32.8 Å². The van der Waals surface area contributed by atoms with Gasteiger partial charge in [0.2, 0.25) is 0 Å². The maximum atomic E-state index is 10.8. The highest BCUT2D eigenvalue weighted by Gasteiger charge is 2.13. The maximum Gasteiger partial charge on any atom is 0.335 e. The molecule has 5 nitrogen and oxygen atoms in total. The van der Waals surface area contributed by atoms with E-state index in [1.807, 2.05) is 37.8 Å². The van der Waals surface area contributed by atoms with Crippen LogP contribution in [0.2, 0.25) is 0 Å². The molecule has 1 N–H and O–H groups in total. The minimum atomic E-state index is -0.899. The Morgan fingerprint density at radius 3 is 2.43 bits per heavy atom. The van der Waals surface area contributed by atoms with E-state index in [4.69, 9.17) is 5.11 Å². The summed E-state index contributed by atoms with van der Waals surface area (Å²) in [7, 11) is 3.96. The van der Waals surface area contributed by atoms with Crippen molar-refractivity contribution >= 4 is 21.9 Å². The summed E-state index contributed by atoms with van der Waals surface area (Å²) >= 11 is 3.57. The summed E-state index contributed by atoms with van der Waals surface area (Å²) in [5, 5.41) is 13.3. The van der Waals surface area contributed by atoms with Crippen LogP contribution in [0.5, 0.6) is 0 Å². The zero-order chi connectivity index (χ0) is 15.6. The lowest BCUT2D eigenvalue weighted by molar-refractivity contribution is 0.0697. The van der Waals surface area contributed by atoms with E-state index in [1.54, 1.807) is 12.1 Å². The van der Waals surface area contributed by atoms with Gasteiger partial charge in [0, 0.05) is 20.1 Å². The van der Waals surface area contributed by atoms with Crippen molar-refractivity contribution in [3.63, 3.8) is 0 Å². The van der Waals surface area contributed by atoms with Gasteiger partial charge in [0.1, 0.15) is 0 Å². The summed E-state index contributed by atoms with van der Waals surface area (Å²) in [5.41, 5.74) is 3.49. The van der Waals surface area contributed by atoms with Gasteiger partial charge in [-0.25, -0.2) is 4.79 Å². The highest BCUT2D eigenvalue weighted by atomic mass is 79.9. The van der Waals surface area contributed by atoms with E-state index in [0.29, 0.717) is 5.56 Å². The number of carboxylic acid groups (broad SMARTS) is 1. The molecule has 0 amide bonds. The molecular formula is C15H18BrN3O2. The molecule has 0 saturated heterocycles. The SMILES string of the molecule is Cc1nn(C)c(CN(C)Cc2ccc(C(=O)O)cc2)c1Br. The largest absolute Gasteiger partial charge is 0.478 e. The van der Waals surface area contributed by atoms with Crippen LogP contribution < -0.4 is 0 Å². The van der Waals surface area contributed by atoms with E-state index in [1.165, 1.54) is 0 Å². The molecule has 112 valence electrons. The fourth-order valence-corrected chi connectivity index (χ4v) is 2.69.